The fraction of sp³-hybridized carbons (Fsp3) is 0.296. The number of benzene rings is 2. The zero-order valence-corrected chi connectivity index (χ0v) is 20.5. The minimum Gasteiger partial charge on any atom is -0.496 e. The van der Waals surface area contributed by atoms with E-state index in [1.807, 2.05) is 6.07 Å². The van der Waals surface area contributed by atoms with Crippen molar-refractivity contribution in [1.82, 2.24) is 14.9 Å². The molecule has 1 aliphatic heterocycles. The average molecular weight is 499 g/mol. The normalized spacial score (nSPS) is 15.9. The molecule has 188 valence electrons. The molecule has 1 aromatic heterocycles. The molecule has 2 heterocycles. The summed E-state index contributed by atoms with van der Waals surface area (Å²) in [5, 5.41) is 12.9. The number of ether oxygens (including phenoxy) is 2. The molecular formula is C27H26N6O4. The van der Waals surface area contributed by atoms with Crippen molar-refractivity contribution in [2.75, 3.05) is 32.6 Å². The van der Waals surface area contributed by atoms with Crippen molar-refractivity contribution in [3.8, 4) is 23.1 Å². The Morgan fingerprint density at radius 2 is 1.95 bits per heavy atom. The first-order chi connectivity index (χ1) is 17.9. The molecule has 37 heavy (non-hydrogen) atoms. The summed E-state index contributed by atoms with van der Waals surface area (Å²) in [5.41, 5.74) is 8.36. The molecule has 1 saturated carbocycles. The van der Waals surface area contributed by atoms with E-state index < -0.39 is 11.3 Å². The summed E-state index contributed by atoms with van der Waals surface area (Å²) in [6.07, 6.45) is 2.98. The van der Waals surface area contributed by atoms with Crippen LogP contribution in [-0.4, -0.2) is 60.1 Å². The predicted molar refractivity (Wildman–Crippen MR) is 135 cm³/mol. The number of carbonyl (C=O) groups is 2. The van der Waals surface area contributed by atoms with Gasteiger partial charge in [-0.15, -0.1) is 0 Å². The Hall–Kier alpha value is -4.49. The summed E-state index contributed by atoms with van der Waals surface area (Å²) in [5.74, 6) is 0.251. The van der Waals surface area contributed by atoms with Crippen molar-refractivity contribution in [1.29, 1.82) is 5.26 Å². The molecule has 0 radical (unpaired) electrons. The van der Waals surface area contributed by atoms with Gasteiger partial charge in [-0.3, -0.25) is 9.59 Å². The molecular weight excluding hydrogens is 472 g/mol. The quantitative estimate of drug-likeness (QED) is 0.483. The van der Waals surface area contributed by atoms with Crippen molar-refractivity contribution in [2.24, 2.45) is 5.73 Å². The number of nitrogens with zero attached hydrogens (tertiary/aromatic N) is 4. The Balaban J connectivity index is 1.36. The molecule has 2 aromatic carbocycles. The standard InChI is InChI=1S/C27H26N6O4/c1-36-19-14-33(15-19)24(34)20-5-4-18(12-23(20)37-2)31-26-30-10-7-22(32-26)16-3-6-21(17(11-16)13-28)27(8-9-27)25(29)35/h3-7,10-12,19H,8-9,14-15H2,1-2H3,(H2,29,35)(H,30,31,32). The first kappa shape index (κ1) is 24.2. The number of anilines is 2. The number of likely N-dealkylation sites (tertiary alicyclic amines) is 1. The highest BCUT2D eigenvalue weighted by molar-refractivity contribution is 5.98. The molecule has 0 bridgehead atoms. The highest BCUT2D eigenvalue weighted by atomic mass is 16.5. The maximum Gasteiger partial charge on any atom is 0.257 e. The summed E-state index contributed by atoms with van der Waals surface area (Å²) < 4.78 is 10.7. The van der Waals surface area contributed by atoms with Gasteiger partial charge in [-0.2, -0.15) is 5.26 Å². The third-order valence-electron chi connectivity index (χ3n) is 6.99. The summed E-state index contributed by atoms with van der Waals surface area (Å²) in [4.78, 5) is 35.4. The molecule has 10 heteroatoms. The summed E-state index contributed by atoms with van der Waals surface area (Å²) in [6, 6.07) is 14.5. The Labute approximate surface area is 214 Å². The highest BCUT2D eigenvalue weighted by Gasteiger charge is 2.51. The Morgan fingerprint density at radius 1 is 1.16 bits per heavy atom. The smallest absolute Gasteiger partial charge is 0.257 e. The van der Waals surface area contributed by atoms with Crippen LogP contribution < -0.4 is 15.8 Å². The molecule has 2 aliphatic rings. The van der Waals surface area contributed by atoms with Crippen LogP contribution in [-0.2, 0) is 14.9 Å². The van der Waals surface area contributed by atoms with E-state index >= 15 is 0 Å². The fourth-order valence-electron chi connectivity index (χ4n) is 4.56. The first-order valence-electron chi connectivity index (χ1n) is 11.8. The lowest BCUT2D eigenvalue weighted by Gasteiger charge is -2.38. The van der Waals surface area contributed by atoms with E-state index in [4.69, 9.17) is 15.2 Å². The number of aromatic nitrogens is 2. The van der Waals surface area contributed by atoms with Crippen LogP contribution in [0.5, 0.6) is 5.75 Å². The van der Waals surface area contributed by atoms with E-state index in [0.29, 0.717) is 71.3 Å². The van der Waals surface area contributed by atoms with Crippen LogP contribution in [0.1, 0.15) is 34.3 Å². The molecule has 2 amide bonds. The van der Waals surface area contributed by atoms with Crippen LogP contribution in [0.4, 0.5) is 11.6 Å². The van der Waals surface area contributed by atoms with Crippen molar-refractivity contribution < 1.29 is 19.1 Å². The second-order valence-electron chi connectivity index (χ2n) is 9.19. The monoisotopic (exact) mass is 498 g/mol. The van der Waals surface area contributed by atoms with Crippen molar-refractivity contribution in [3.05, 3.63) is 65.4 Å². The van der Waals surface area contributed by atoms with Gasteiger partial charge in [0.25, 0.3) is 5.91 Å². The van der Waals surface area contributed by atoms with E-state index in [2.05, 4.69) is 21.4 Å². The van der Waals surface area contributed by atoms with E-state index in [1.165, 1.54) is 7.11 Å². The number of nitriles is 1. The van der Waals surface area contributed by atoms with E-state index in [9.17, 15) is 14.9 Å². The van der Waals surface area contributed by atoms with Gasteiger partial charge in [0.2, 0.25) is 11.9 Å². The summed E-state index contributed by atoms with van der Waals surface area (Å²) in [7, 11) is 3.15. The second kappa shape index (κ2) is 9.52. The molecule has 0 unspecified atom stereocenters. The SMILES string of the molecule is COc1cc(Nc2nccc(-c3ccc(C4(C(N)=O)CC4)c(C#N)c3)n2)ccc1C(=O)N1CC(OC)C1. The number of nitrogens with two attached hydrogens (primary N) is 1. The maximum absolute atomic E-state index is 12.8. The number of rotatable bonds is 8. The van der Waals surface area contributed by atoms with Crippen LogP contribution in [0.15, 0.2) is 48.7 Å². The van der Waals surface area contributed by atoms with Gasteiger partial charge in [0.1, 0.15) is 5.75 Å². The number of amides is 2. The summed E-state index contributed by atoms with van der Waals surface area (Å²) >= 11 is 0. The van der Waals surface area contributed by atoms with E-state index in [-0.39, 0.29) is 12.0 Å². The van der Waals surface area contributed by atoms with Crippen molar-refractivity contribution in [2.45, 2.75) is 24.4 Å². The van der Waals surface area contributed by atoms with Gasteiger partial charge in [-0.1, -0.05) is 12.1 Å². The molecule has 5 rings (SSSR count). The summed E-state index contributed by atoms with van der Waals surface area (Å²) in [6.45, 7) is 1.11. The lowest BCUT2D eigenvalue weighted by Crippen LogP contribution is -2.54. The van der Waals surface area contributed by atoms with Crippen molar-refractivity contribution >= 4 is 23.5 Å². The molecule has 0 atom stereocenters. The molecule has 2 fully saturated rings. The molecule has 0 spiro atoms. The van der Waals surface area contributed by atoms with Crippen LogP contribution in [0.25, 0.3) is 11.3 Å². The number of carbonyl (C=O) groups excluding carboxylic acids is 2. The number of primary amides is 1. The maximum atomic E-state index is 12.8. The number of nitrogens with one attached hydrogen (secondary N) is 1. The number of hydrogen-bond donors (Lipinski definition) is 2. The third-order valence-corrected chi connectivity index (χ3v) is 6.99. The predicted octanol–water partition coefficient (Wildman–Crippen LogP) is 2.76. The van der Waals surface area contributed by atoms with Gasteiger partial charge in [0.05, 0.1) is 41.5 Å². The Kier molecular flexibility index (Phi) is 6.23. The molecule has 1 saturated heterocycles. The van der Waals surface area contributed by atoms with Gasteiger partial charge < -0.3 is 25.4 Å². The zero-order valence-electron chi connectivity index (χ0n) is 20.5. The minimum atomic E-state index is -0.740. The second-order valence-corrected chi connectivity index (χ2v) is 9.19. The molecule has 10 nitrogen and oxygen atoms in total. The largest absolute Gasteiger partial charge is 0.496 e. The minimum absolute atomic E-state index is 0.0683. The lowest BCUT2D eigenvalue weighted by atomic mass is 9.89. The van der Waals surface area contributed by atoms with E-state index in [1.54, 1.807) is 54.6 Å². The highest BCUT2D eigenvalue weighted by Crippen LogP contribution is 2.49. The van der Waals surface area contributed by atoms with Crippen LogP contribution in [0.3, 0.4) is 0 Å². The third kappa shape index (κ3) is 4.45. The zero-order chi connectivity index (χ0) is 26.2. The van der Waals surface area contributed by atoms with Gasteiger partial charge in [-0.25, -0.2) is 9.97 Å². The Bertz CT molecular complexity index is 1420. The van der Waals surface area contributed by atoms with Gasteiger partial charge >= 0.3 is 0 Å². The molecule has 3 N–H and O–H groups in total. The van der Waals surface area contributed by atoms with E-state index in [0.717, 1.165) is 0 Å². The van der Waals surface area contributed by atoms with Crippen LogP contribution >= 0.6 is 0 Å². The lowest BCUT2D eigenvalue weighted by molar-refractivity contribution is -0.120. The van der Waals surface area contributed by atoms with Gasteiger partial charge in [0, 0.05) is 43.7 Å². The van der Waals surface area contributed by atoms with Crippen LogP contribution in [0.2, 0.25) is 0 Å². The van der Waals surface area contributed by atoms with Crippen LogP contribution in [0, 0.1) is 11.3 Å². The van der Waals surface area contributed by atoms with Crippen molar-refractivity contribution in [3.63, 3.8) is 0 Å². The number of hydrogen-bond acceptors (Lipinski definition) is 8. The molecule has 3 aromatic rings. The fourth-order valence-corrected chi connectivity index (χ4v) is 4.56. The topological polar surface area (TPSA) is 143 Å². The van der Waals surface area contributed by atoms with Gasteiger partial charge in [-0.05, 0) is 42.7 Å². The molecule has 1 aliphatic carbocycles. The number of methoxy groups -OCH3 is 2. The Morgan fingerprint density at radius 3 is 2.59 bits per heavy atom. The first-order valence-corrected chi connectivity index (χ1v) is 11.8. The van der Waals surface area contributed by atoms with Gasteiger partial charge in [0.15, 0.2) is 0 Å². The average Bonchev–Trinajstić information content (AvgIpc) is 3.70.